The van der Waals surface area contributed by atoms with Crippen molar-refractivity contribution >= 4 is 33.1 Å². The van der Waals surface area contributed by atoms with E-state index < -0.39 is 27.7 Å². The van der Waals surface area contributed by atoms with Gasteiger partial charge in [0.15, 0.2) is 15.6 Å². The lowest BCUT2D eigenvalue weighted by atomic mass is 9.90. The van der Waals surface area contributed by atoms with Gasteiger partial charge < -0.3 is 0 Å². The molecule has 2 bridgehead atoms. The smallest absolute Gasteiger partial charge is 0.239 e. The molecular weight excluding hydrogens is 416 g/mol. The summed E-state index contributed by atoms with van der Waals surface area (Å²) >= 11 is 0. The quantitative estimate of drug-likeness (QED) is 0.676. The minimum absolute atomic E-state index is 0.187. The first kappa shape index (κ1) is 19.8. The first-order chi connectivity index (χ1) is 14.8. The molecule has 31 heavy (non-hydrogen) atoms. The number of hydrogen-bond donors (Lipinski definition) is 0. The number of ketones is 1. The average Bonchev–Trinajstić information content (AvgIpc) is 3.12. The fourth-order valence-corrected chi connectivity index (χ4v) is 5.58. The molecule has 158 valence electrons. The maximum atomic E-state index is 13.3. The van der Waals surface area contributed by atoms with E-state index in [9.17, 15) is 22.8 Å². The lowest BCUT2D eigenvalue weighted by Gasteiger charge is -2.33. The van der Waals surface area contributed by atoms with E-state index in [-0.39, 0.29) is 28.5 Å². The molecule has 0 unspecified atom stereocenters. The second-order valence-corrected chi connectivity index (χ2v) is 10.2. The zero-order valence-corrected chi connectivity index (χ0v) is 17.5. The van der Waals surface area contributed by atoms with Crippen LogP contribution in [0.1, 0.15) is 5.56 Å². The van der Waals surface area contributed by atoms with E-state index in [1.807, 2.05) is 11.0 Å². The van der Waals surface area contributed by atoms with E-state index in [1.165, 1.54) is 23.1 Å². The summed E-state index contributed by atoms with van der Waals surface area (Å²) in [6.07, 6.45) is 4.34. The van der Waals surface area contributed by atoms with Gasteiger partial charge in [-0.3, -0.25) is 19.3 Å². The summed E-state index contributed by atoms with van der Waals surface area (Å²) in [7, 11) is -3.30. The van der Waals surface area contributed by atoms with Crippen LogP contribution in [0, 0.1) is 11.8 Å². The lowest BCUT2D eigenvalue weighted by Crippen LogP contribution is -2.48. The highest BCUT2D eigenvalue weighted by Crippen LogP contribution is 2.47. The molecule has 0 aliphatic carbocycles. The summed E-state index contributed by atoms with van der Waals surface area (Å²) in [5, 5.41) is 0. The SMILES string of the molecule is CS(=O)(=O)c1ccc(CN2[C@@H]3C(=O)C=C[C@H]2[C@@H]2C(=O)N(c4ccccc4)C(=O)[C@@H]23)cc1. The Morgan fingerprint density at radius 3 is 2.16 bits per heavy atom. The second-order valence-electron chi connectivity index (χ2n) is 8.18. The molecule has 7 nitrogen and oxygen atoms in total. The van der Waals surface area contributed by atoms with Crippen LogP contribution in [-0.2, 0) is 30.8 Å². The Balaban J connectivity index is 1.47. The Hall–Kier alpha value is -3.10. The van der Waals surface area contributed by atoms with Crippen molar-refractivity contribution < 1.29 is 22.8 Å². The van der Waals surface area contributed by atoms with Crippen molar-refractivity contribution in [2.75, 3.05) is 11.2 Å². The van der Waals surface area contributed by atoms with Crippen molar-refractivity contribution in [3.8, 4) is 0 Å². The zero-order valence-electron chi connectivity index (χ0n) is 16.7. The van der Waals surface area contributed by atoms with Gasteiger partial charge >= 0.3 is 0 Å². The maximum Gasteiger partial charge on any atom is 0.239 e. The number of sulfone groups is 1. The van der Waals surface area contributed by atoms with Crippen LogP contribution in [0.3, 0.4) is 0 Å². The standard InChI is InChI=1S/C23H20N2O5S/c1-31(29,30)16-9-7-14(8-10-16)13-24-17-11-12-18(26)21(24)20-19(17)22(27)25(23(20)28)15-5-3-2-4-6-15/h2-12,17,19-21H,13H2,1H3/t17-,19-,20-,21+/m0/s1. The minimum Gasteiger partial charge on any atom is -0.293 e. The average molecular weight is 436 g/mol. The molecule has 0 saturated carbocycles. The fraction of sp³-hybridized carbons (Fsp3) is 0.261. The molecule has 2 aromatic carbocycles. The van der Waals surface area contributed by atoms with Crippen LogP contribution < -0.4 is 4.90 Å². The van der Waals surface area contributed by atoms with Crippen molar-refractivity contribution in [2.45, 2.75) is 23.5 Å². The van der Waals surface area contributed by atoms with Gasteiger partial charge in [0.25, 0.3) is 0 Å². The third-order valence-electron chi connectivity index (χ3n) is 6.33. The number of amides is 2. The molecule has 3 heterocycles. The number of carbonyl (C=O) groups is 3. The van der Waals surface area contributed by atoms with E-state index in [2.05, 4.69) is 0 Å². The van der Waals surface area contributed by atoms with Crippen molar-refractivity contribution in [1.29, 1.82) is 0 Å². The number of benzene rings is 2. The molecule has 2 amide bonds. The number of hydrogen-bond acceptors (Lipinski definition) is 6. The van der Waals surface area contributed by atoms with Gasteiger partial charge in [-0.15, -0.1) is 0 Å². The Kier molecular flexibility index (Phi) is 4.46. The molecule has 4 atom stereocenters. The van der Waals surface area contributed by atoms with Gasteiger partial charge in [-0.05, 0) is 35.9 Å². The largest absolute Gasteiger partial charge is 0.293 e. The molecule has 8 heteroatoms. The summed E-state index contributed by atoms with van der Waals surface area (Å²) in [6.45, 7) is 0.342. The van der Waals surface area contributed by atoms with Crippen LogP contribution in [0.25, 0.3) is 0 Å². The highest BCUT2D eigenvalue weighted by atomic mass is 32.2. The van der Waals surface area contributed by atoms with Crippen molar-refractivity contribution in [3.05, 3.63) is 72.3 Å². The molecule has 2 fully saturated rings. The molecule has 0 aromatic heterocycles. The van der Waals surface area contributed by atoms with Gasteiger partial charge in [-0.25, -0.2) is 13.3 Å². The van der Waals surface area contributed by atoms with E-state index in [1.54, 1.807) is 42.5 Å². The third-order valence-corrected chi connectivity index (χ3v) is 7.46. The molecular formula is C23H20N2O5S. The van der Waals surface area contributed by atoms with Crippen molar-refractivity contribution in [2.24, 2.45) is 11.8 Å². The Morgan fingerprint density at radius 2 is 1.52 bits per heavy atom. The summed E-state index contributed by atoms with van der Waals surface area (Å²) < 4.78 is 23.4. The van der Waals surface area contributed by atoms with Crippen LogP contribution in [0.2, 0.25) is 0 Å². The second kappa shape index (κ2) is 6.96. The van der Waals surface area contributed by atoms with Crippen LogP contribution >= 0.6 is 0 Å². The van der Waals surface area contributed by atoms with Gasteiger partial charge in [0.1, 0.15) is 0 Å². The van der Waals surface area contributed by atoms with Gasteiger partial charge in [-0.1, -0.05) is 36.4 Å². The van der Waals surface area contributed by atoms with E-state index in [0.29, 0.717) is 12.2 Å². The normalized spacial score (nSPS) is 27.8. The summed E-state index contributed by atoms with van der Waals surface area (Å²) in [5.41, 5.74) is 1.33. The van der Waals surface area contributed by atoms with E-state index in [4.69, 9.17) is 0 Å². The number of nitrogens with zero attached hydrogens (tertiary/aromatic N) is 2. The number of para-hydroxylation sites is 1. The lowest BCUT2D eigenvalue weighted by molar-refractivity contribution is -0.129. The van der Waals surface area contributed by atoms with Crippen LogP contribution in [0.5, 0.6) is 0 Å². The number of carbonyl (C=O) groups excluding carboxylic acids is 3. The first-order valence-corrected chi connectivity index (χ1v) is 11.9. The molecule has 2 saturated heterocycles. The Labute approximate surface area is 179 Å². The Bertz CT molecular complexity index is 1220. The van der Waals surface area contributed by atoms with Gasteiger partial charge in [-0.2, -0.15) is 0 Å². The van der Waals surface area contributed by atoms with E-state index in [0.717, 1.165) is 11.8 Å². The first-order valence-electron chi connectivity index (χ1n) is 9.97. The number of imide groups is 1. The monoisotopic (exact) mass is 436 g/mol. The highest BCUT2D eigenvalue weighted by molar-refractivity contribution is 7.90. The molecule has 5 rings (SSSR count). The van der Waals surface area contributed by atoms with Crippen LogP contribution in [0.4, 0.5) is 5.69 Å². The van der Waals surface area contributed by atoms with Crippen molar-refractivity contribution in [1.82, 2.24) is 4.90 Å². The summed E-state index contributed by atoms with van der Waals surface area (Å²) in [5.74, 6) is -2.16. The number of rotatable bonds is 4. The van der Waals surface area contributed by atoms with E-state index >= 15 is 0 Å². The topological polar surface area (TPSA) is 91.8 Å². The predicted molar refractivity (Wildman–Crippen MR) is 113 cm³/mol. The number of anilines is 1. The minimum atomic E-state index is -3.30. The van der Waals surface area contributed by atoms with Gasteiger partial charge in [0.2, 0.25) is 11.8 Å². The number of fused-ring (bicyclic) bond motifs is 5. The van der Waals surface area contributed by atoms with Crippen LogP contribution in [-0.4, -0.2) is 49.3 Å². The molecule has 0 spiro atoms. The third kappa shape index (κ3) is 3.05. The summed E-state index contributed by atoms with van der Waals surface area (Å²) in [4.78, 5) is 42.6. The van der Waals surface area contributed by atoms with Crippen molar-refractivity contribution in [3.63, 3.8) is 0 Å². The highest BCUT2D eigenvalue weighted by Gasteiger charge is 2.64. The molecule has 3 aliphatic heterocycles. The predicted octanol–water partition coefficient (Wildman–Crippen LogP) is 1.59. The van der Waals surface area contributed by atoms with Gasteiger partial charge in [0.05, 0.1) is 28.5 Å². The van der Waals surface area contributed by atoms with Gasteiger partial charge in [0, 0.05) is 18.8 Å². The molecule has 0 N–H and O–H groups in total. The molecule has 0 radical (unpaired) electrons. The maximum absolute atomic E-state index is 13.3. The molecule has 2 aromatic rings. The fourth-order valence-electron chi connectivity index (χ4n) is 4.95. The summed E-state index contributed by atoms with van der Waals surface area (Å²) in [6, 6.07) is 14.2. The Morgan fingerprint density at radius 1 is 0.871 bits per heavy atom. The zero-order chi connectivity index (χ0) is 21.9. The van der Waals surface area contributed by atoms with Crippen LogP contribution in [0.15, 0.2) is 71.6 Å². The molecule has 3 aliphatic rings.